The Hall–Kier alpha value is -2.43. The minimum absolute atomic E-state index is 0.229. The van der Waals surface area contributed by atoms with Crippen LogP contribution >= 0.6 is 11.3 Å². The number of nitrogens with one attached hydrogen (secondary N) is 2. The molecule has 11 heteroatoms. The minimum Gasteiger partial charge on any atom is -0.466 e. The van der Waals surface area contributed by atoms with Gasteiger partial charge in [0.2, 0.25) is 5.91 Å². The molecular formula is C13H11F4N3O3S. The first-order valence-electron chi connectivity index (χ1n) is 6.37. The van der Waals surface area contributed by atoms with Crippen molar-refractivity contribution in [2.24, 2.45) is 0 Å². The highest BCUT2D eigenvalue weighted by molar-refractivity contribution is 7.22. The van der Waals surface area contributed by atoms with Crippen LogP contribution in [0.15, 0.2) is 18.2 Å². The zero-order valence-electron chi connectivity index (χ0n) is 12.3. The number of thiazole rings is 1. The van der Waals surface area contributed by atoms with Crippen LogP contribution in [0.5, 0.6) is 0 Å². The molecule has 1 heterocycles. The van der Waals surface area contributed by atoms with Crippen LogP contribution in [0.4, 0.5) is 22.7 Å². The van der Waals surface area contributed by atoms with Crippen molar-refractivity contribution in [1.82, 2.24) is 10.3 Å². The quantitative estimate of drug-likeness (QED) is 0.494. The van der Waals surface area contributed by atoms with Crippen LogP contribution in [-0.4, -0.2) is 35.8 Å². The number of ether oxygens (including phenoxy) is 1. The normalized spacial score (nSPS) is 14.1. The number of carbonyl (C=O) groups is 2. The number of esters is 1. The highest BCUT2D eigenvalue weighted by atomic mass is 32.1. The molecule has 6 nitrogen and oxygen atoms in total. The van der Waals surface area contributed by atoms with Crippen molar-refractivity contribution in [1.29, 1.82) is 0 Å². The first-order chi connectivity index (χ1) is 11.1. The molecule has 1 aromatic carbocycles. The van der Waals surface area contributed by atoms with Gasteiger partial charge >= 0.3 is 17.8 Å². The summed E-state index contributed by atoms with van der Waals surface area (Å²) in [5.74, 6) is -3.47. The smallest absolute Gasteiger partial charge is 0.442 e. The van der Waals surface area contributed by atoms with Gasteiger partial charge in [-0.1, -0.05) is 11.3 Å². The van der Waals surface area contributed by atoms with Crippen molar-refractivity contribution < 1.29 is 31.9 Å². The molecule has 2 N–H and O–H groups in total. The van der Waals surface area contributed by atoms with E-state index in [4.69, 9.17) is 0 Å². The van der Waals surface area contributed by atoms with E-state index in [1.165, 1.54) is 11.4 Å². The Morgan fingerprint density at radius 3 is 2.50 bits per heavy atom. The van der Waals surface area contributed by atoms with E-state index in [1.54, 1.807) is 0 Å². The summed E-state index contributed by atoms with van der Waals surface area (Å²) >= 11 is 0.688. The molecule has 0 saturated carbocycles. The average Bonchev–Trinajstić information content (AvgIpc) is 2.85. The third-order valence-electron chi connectivity index (χ3n) is 2.93. The maximum atomic E-state index is 13.5. The highest BCUT2D eigenvalue weighted by Crippen LogP contribution is 2.35. The Labute approximate surface area is 136 Å². The molecule has 0 radical (unpaired) electrons. The number of carbonyl (C=O) groups excluding carboxylic acids is 2. The van der Waals surface area contributed by atoms with E-state index in [0.717, 1.165) is 26.2 Å². The predicted molar refractivity (Wildman–Crippen MR) is 77.8 cm³/mol. The third-order valence-corrected chi connectivity index (χ3v) is 3.86. The van der Waals surface area contributed by atoms with Gasteiger partial charge in [0.15, 0.2) is 5.13 Å². The summed E-state index contributed by atoms with van der Waals surface area (Å²) < 4.78 is 58.2. The Morgan fingerprint density at radius 1 is 1.29 bits per heavy atom. The van der Waals surface area contributed by atoms with Crippen molar-refractivity contribution in [3.8, 4) is 0 Å². The molecule has 24 heavy (non-hydrogen) atoms. The largest absolute Gasteiger partial charge is 0.466 e. The molecule has 0 unspecified atom stereocenters. The van der Waals surface area contributed by atoms with E-state index in [-0.39, 0.29) is 15.3 Å². The fourth-order valence-electron chi connectivity index (χ4n) is 1.92. The molecule has 2 aromatic rings. The van der Waals surface area contributed by atoms with Gasteiger partial charge in [0.25, 0.3) is 0 Å². The van der Waals surface area contributed by atoms with Crippen molar-refractivity contribution >= 4 is 38.6 Å². The molecule has 130 valence electrons. The lowest BCUT2D eigenvalue weighted by Crippen LogP contribution is -2.69. The summed E-state index contributed by atoms with van der Waals surface area (Å²) in [6.45, 7) is 0.818. The monoisotopic (exact) mass is 365 g/mol. The van der Waals surface area contributed by atoms with E-state index in [9.17, 15) is 27.2 Å². The number of fused-ring (bicyclic) bond motifs is 1. The van der Waals surface area contributed by atoms with Crippen LogP contribution in [0.25, 0.3) is 10.2 Å². The summed E-state index contributed by atoms with van der Waals surface area (Å²) in [6.07, 6.45) is -5.23. The summed E-state index contributed by atoms with van der Waals surface area (Å²) in [7, 11) is 0.750. The fourth-order valence-corrected chi connectivity index (χ4v) is 2.87. The van der Waals surface area contributed by atoms with Crippen molar-refractivity contribution in [3.63, 3.8) is 0 Å². The van der Waals surface area contributed by atoms with E-state index < -0.39 is 29.5 Å². The Bertz CT molecular complexity index is 792. The third kappa shape index (κ3) is 3.25. The number of anilines is 1. The van der Waals surface area contributed by atoms with Crippen LogP contribution in [0.3, 0.4) is 0 Å². The number of methoxy groups -OCH3 is 1. The van der Waals surface area contributed by atoms with Gasteiger partial charge in [0, 0.05) is 6.92 Å². The second-order valence-electron chi connectivity index (χ2n) is 4.68. The van der Waals surface area contributed by atoms with Gasteiger partial charge in [0.1, 0.15) is 5.82 Å². The summed E-state index contributed by atoms with van der Waals surface area (Å²) in [5.41, 5.74) is -3.28. The standard InChI is InChI=1S/C13H11F4N3O3S/c1-6(21)19-12(10(22)23-2,13(15,16)17)20-11-18-8-4-3-7(14)5-9(8)24-11/h3-5H,1-2H3,(H,18,20)(H,19,21)/t12-/m0/s1. The minimum atomic E-state index is -5.23. The van der Waals surface area contributed by atoms with Crippen LogP contribution in [-0.2, 0) is 14.3 Å². The lowest BCUT2D eigenvalue weighted by molar-refractivity contribution is -0.206. The first kappa shape index (κ1) is 17.9. The first-order valence-corrected chi connectivity index (χ1v) is 7.19. The molecule has 0 aliphatic rings. The van der Waals surface area contributed by atoms with E-state index in [1.807, 2.05) is 5.32 Å². The fraction of sp³-hybridized carbons (Fsp3) is 0.308. The highest BCUT2D eigenvalue weighted by Gasteiger charge is 2.63. The molecule has 0 spiro atoms. The maximum Gasteiger partial charge on any atom is 0.442 e. The number of alkyl halides is 3. The molecule has 0 bridgehead atoms. The number of hydrogen-bond acceptors (Lipinski definition) is 6. The summed E-state index contributed by atoms with van der Waals surface area (Å²) in [5, 5.41) is 3.07. The molecule has 0 aliphatic heterocycles. The zero-order chi connectivity index (χ0) is 18.1. The number of amides is 1. The number of hydrogen-bond donors (Lipinski definition) is 2. The van der Waals surface area contributed by atoms with Gasteiger partial charge in [0.05, 0.1) is 17.3 Å². The number of rotatable bonds is 4. The Kier molecular flexibility index (Phi) is 4.65. The lowest BCUT2D eigenvalue weighted by Gasteiger charge is -2.33. The molecule has 1 aromatic heterocycles. The van der Waals surface area contributed by atoms with Crippen LogP contribution < -0.4 is 10.6 Å². The van der Waals surface area contributed by atoms with Gasteiger partial charge < -0.3 is 15.4 Å². The Balaban J connectivity index is 2.53. The second kappa shape index (κ2) is 6.23. The molecular weight excluding hydrogens is 354 g/mol. The topological polar surface area (TPSA) is 80.3 Å². The molecule has 1 amide bonds. The zero-order valence-corrected chi connectivity index (χ0v) is 13.1. The van der Waals surface area contributed by atoms with E-state index in [2.05, 4.69) is 9.72 Å². The maximum absolute atomic E-state index is 13.5. The van der Waals surface area contributed by atoms with Crippen LogP contribution in [0.2, 0.25) is 0 Å². The van der Waals surface area contributed by atoms with Crippen LogP contribution in [0, 0.1) is 5.82 Å². The molecule has 0 saturated heterocycles. The molecule has 0 fully saturated rings. The molecule has 1 atom stereocenters. The summed E-state index contributed by atoms with van der Waals surface area (Å²) in [4.78, 5) is 26.9. The average molecular weight is 365 g/mol. The van der Waals surface area contributed by atoms with Crippen molar-refractivity contribution in [2.45, 2.75) is 18.8 Å². The SMILES string of the molecule is COC(=O)[C@](NC(C)=O)(Nc1nc2ccc(F)cc2s1)C(F)(F)F. The number of benzene rings is 1. The second-order valence-corrected chi connectivity index (χ2v) is 5.71. The van der Waals surface area contributed by atoms with Crippen molar-refractivity contribution in [2.75, 3.05) is 12.4 Å². The van der Waals surface area contributed by atoms with Gasteiger partial charge in [-0.15, -0.1) is 0 Å². The Morgan fingerprint density at radius 2 is 1.96 bits per heavy atom. The van der Waals surface area contributed by atoms with E-state index >= 15 is 0 Å². The van der Waals surface area contributed by atoms with Crippen molar-refractivity contribution in [3.05, 3.63) is 24.0 Å². The van der Waals surface area contributed by atoms with Gasteiger partial charge in [-0.05, 0) is 18.2 Å². The predicted octanol–water partition coefficient (Wildman–Crippen LogP) is 2.42. The summed E-state index contributed by atoms with van der Waals surface area (Å²) in [6, 6.07) is 3.46. The van der Waals surface area contributed by atoms with Gasteiger partial charge in [-0.25, -0.2) is 14.2 Å². The number of aromatic nitrogens is 1. The number of nitrogens with zero attached hydrogens (tertiary/aromatic N) is 1. The number of halogens is 4. The van der Waals surface area contributed by atoms with Gasteiger partial charge in [-0.2, -0.15) is 13.2 Å². The molecule has 0 aliphatic carbocycles. The van der Waals surface area contributed by atoms with Gasteiger partial charge in [-0.3, -0.25) is 4.79 Å². The van der Waals surface area contributed by atoms with Crippen LogP contribution in [0.1, 0.15) is 6.92 Å². The lowest BCUT2D eigenvalue weighted by atomic mass is 10.1. The molecule has 2 rings (SSSR count). The van der Waals surface area contributed by atoms with E-state index in [0.29, 0.717) is 11.3 Å².